The number of rotatable bonds is 8. The summed E-state index contributed by atoms with van der Waals surface area (Å²) in [4.78, 5) is 22.9. The molecule has 1 aliphatic heterocycles. The number of methoxy groups -OCH3 is 1. The molecule has 1 aromatic carbocycles. The van der Waals surface area contributed by atoms with Crippen molar-refractivity contribution in [2.75, 3.05) is 20.3 Å². The van der Waals surface area contributed by atoms with E-state index in [9.17, 15) is 9.59 Å². The van der Waals surface area contributed by atoms with Crippen molar-refractivity contribution in [1.29, 1.82) is 0 Å². The minimum absolute atomic E-state index is 0.0188. The summed E-state index contributed by atoms with van der Waals surface area (Å²) in [5.41, 5.74) is 1.06. The van der Waals surface area contributed by atoms with Gasteiger partial charge in [0.1, 0.15) is 5.75 Å². The number of ether oxygens (including phenoxy) is 2. The highest BCUT2D eigenvalue weighted by Gasteiger charge is 2.15. The van der Waals surface area contributed by atoms with Gasteiger partial charge in [0.15, 0.2) is 0 Å². The Morgan fingerprint density at radius 1 is 1.38 bits per heavy atom. The predicted octanol–water partition coefficient (Wildman–Crippen LogP) is 2.40. The summed E-state index contributed by atoms with van der Waals surface area (Å²) in [6.07, 6.45) is 5.38. The number of carboxylic acids is 1. The summed E-state index contributed by atoms with van der Waals surface area (Å²) in [7, 11) is 1.51. The number of aromatic carboxylic acids is 1. The van der Waals surface area contributed by atoms with Crippen molar-refractivity contribution in [1.82, 2.24) is 5.32 Å². The Balaban J connectivity index is 1.74. The molecule has 1 aromatic rings. The van der Waals surface area contributed by atoms with Crippen LogP contribution in [0.5, 0.6) is 5.75 Å². The number of hydrogen-bond acceptors (Lipinski definition) is 4. The third-order valence-corrected chi connectivity index (χ3v) is 4.22. The number of nitrogens with one attached hydrogen (secondary N) is 1. The molecule has 1 atom stereocenters. The van der Waals surface area contributed by atoms with Gasteiger partial charge in [0.2, 0.25) is 5.91 Å². The van der Waals surface area contributed by atoms with Crippen LogP contribution in [0.2, 0.25) is 0 Å². The molecule has 1 heterocycles. The average molecular weight is 335 g/mol. The van der Waals surface area contributed by atoms with E-state index in [0.29, 0.717) is 25.1 Å². The molecule has 0 radical (unpaired) electrons. The molecule has 6 nitrogen and oxygen atoms in total. The fraction of sp³-hybridized carbons (Fsp3) is 0.556. The second-order valence-electron chi connectivity index (χ2n) is 5.96. The maximum absolute atomic E-state index is 11.9. The van der Waals surface area contributed by atoms with Crippen LogP contribution in [0.4, 0.5) is 0 Å². The van der Waals surface area contributed by atoms with Gasteiger partial charge in [-0.1, -0.05) is 6.07 Å². The summed E-state index contributed by atoms with van der Waals surface area (Å²) in [5, 5.41) is 11.9. The van der Waals surface area contributed by atoms with Crippen molar-refractivity contribution in [3.05, 3.63) is 29.3 Å². The molecule has 132 valence electrons. The maximum Gasteiger partial charge on any atom is 0.335 e. The molecule has 0 aliphatic carbocycles. The average Bonchev–Trinajstić information content (AvgIpc) is 2.61. The Kier molecular flexibility index (Phi) is 7.06. The molecule has 1 fully saturated rings. The van der Waals surface area contributed by atoms with E-state index in [2.05, 4.69) is 5.32 Å². The molecule has 0 aromatic heterocycles. The molecule has 0 bridgehead atoms. The van der Waals surface area contributed by atoms with E-state index in [0.717, 1.165) is 31.4 Å². The zero-order valence-corrected chi connectivity index (χ0v) is 14.0. The number of carboxylic acid groups (broad SMARTS) is 1. The number of carbonyl (C=O) groups is 2. The van der Waals surface area contributed by atoms with Gasteiger partial charge in [-0.05, 0) is 49.8 Å². The first-order valence-corrected chi connectivity index (χ1v) is 8.38. The summed E-state index contributed by atoms with van der Waals surface area (Å²) >= 11 is 0. The number of benzene rings is 1. The van der Waals surface area contributed by atoms with E-state index in [1.54, 1.807) is 12.1 Å². The molecular weight excluding hydrogens is 310 g/mol. The van der Waals surface area contributed by atoms with Crippen LogP contribution in [-0.2, 0) is 16.0 Å². The second kappa shape index (κ2) is 9.27. The zero-order valence-electron chi connectivity index (χ0n) is 14.0. The smallest absolute Gasteiger partial charge is 0.335 e. The molecule has 0 spiro atoms. The van der Waals surface area contributed by atoms with Crippen LogP contribution in [0.3, 0.4) is 0 Å². The quantitative estimate of drug-likeness (QED) is 0.762. The Morgan fingerprint density at radius 3 is 2.88 bits per heavy atom. The van der Waals surface area contributed by atoms with Crippen molar-refractivity contribution < 1.29 is 24.2 Å². The van der Waals surface area contributed by atoms with Gasteiger partial charge in [0.05, 0.1) is 18.8 Å². The van der Waals surface area contributed by atoms with Gasteiger partial charge in [-0.25, -0.2) is 4.79 Å². The maximum atomic E-state index is 11.9. The van der Waals surface area contributed by atoms with Gasteiger partial charge < -0.3 is 19.9 Å². The van der Waals surface area contributed by atoms with Crippen LogP contribution >= 0.6 is 0 Å². The van der Waals surface area contributed by atoms with Gasteiger partial charge in [-0.3, -0.25) is 4.79 Å². The van der Waals surface area contributed by atoms with E-state index < -0.39 is 5.97 Å². The Bertz CT molecular complexity index is 567. The standard InChI is InChI=1S/C18H25NO5/c1-23-16-12-14(18(21)22)6-5-13(16)9-10-19-17(20)8-7-15-4-2-3-11-24-15/h5-6,12,15H,2-4,7-11H2,1H3,(H,19,20)(H,21,22). The monoisotopic (exact) mass is 335 g/mol. The lowest BCUT2D eigenvalue weighted by molar-refractivity contribution is -0.122. The third kappa shape index (κ3) is 5.53. The van der Waals surface area contributed by atoms with Crippen molar-refractivity contribution in [3.8, 4) is 5.75 Å². The van der Waals surface area contributed by atoms with E-state index in [1.807, 2.05) is 0 Å². The van der Waals surface area contributed by atoms with Crippen LogP contribution in [0.1, 0.15) is 48.0 Å². The van der Waals surface area contributed by atoms with Gasteiger partial charge in [-0.2, -0.15) is 0 Å². The molecule has 6 heteroatoms. The highest BCUT2D eigenvalue weighted by molar-refractivity contribution is 5.88. The minimum atomic E-state index is -0.988. The summed E-state index contributed by atoms with van der Waals surface area (Å²) in [6, 6.07) is 4.77. The van der Waals surface area contributed by atoms with Crippen LogP contribution < -0.4 is 10.1 Å². The summed E-state index contributed by atoms with van der Waals surface area (Å²) in [5.74, 6) is -0.442. The largest absolute Gasteiger partial charge is 0.496 e. The fourth-order valence-electron chi connectivity index (χ4n) is 2.84. The van der Waals surface area contributed by atoms with Crippen molar-refractivity contribution in [2.24, 2.45) is 0 Å². The molecule has 24 heavy (non-hydrogen) atoms. The first-order valence-electron chi connectivity index (χ1n) is 8.38. The summed E-state index contributed by atoms with van der Waals surface area (Å²) < 4.78 is 10.8. The molecule has 1 unspecified atom stereocenters. The molecule has 1 amide bonds. The van der Waals surface area contributed by atoms with Crippen molar-refractivity contribution in [3.63, 3.8) is 0 Å². The first-order chi connectivity index (χ1) is 11.6. The van der Waals surface area contributed by atoms with E-state index >= 15 is 0 Å². The van der Waals surface area contributed by atoms with E-state index in [4.69, 9.17) is 14.6 Å². The minimum Gasteiger partial charge on any atom is -0.496 e. The first kappa shape index (κ1) is 18.3. The molecule has 2 rings (SSSR count). The normalized spacial score (nSPS) is 17.3. The Labute approximate surface area is 142 Å². The van der Waals surface area contributed by atoms with Crippen molar-refractivity contribution in [2.45, 2.75) is 44.6 Å². The van der Waals surface area contributed by atoms with E-state index in [-0.39, 0.29) is 17.6 Å². The van der Waals surface area contributed by atoms with Gasteiger partial charge in [-0.15, -0.1) is 0 Å². The molecule has 2 N–H and O–H groups in total. The summed E-state index contributed by atoms with van der Waals surface area (Å²) in [6.45, 7) is 1.30. The molecule has 0 saturated carbocycles. The van der Waals surface area contributed by atoms with Crippen molar-refractivity contribution >= 4 is 11.9 Å². The van der Waals surface area contributed by atoms with Crippen LogP contribution in [0, 0.1) is 0 Å². The zero-order chi connectivity index (χ0) is 17.4. The lowest BCUT2D eigenvalue weighted by atomic mass is 10.0. The molecule has 1 saturated heterocycles. The topological polar surface area (TPSA) is 84.9 Å². The molecule has 1 aliphatic rings. The second-order valence-corrected chi connectivity index (χ2v) is 5.96. The number of carbonyl (C=O) groups excluding carboxylic acids is 1. The van der Waals surface area contributed by atoms with Crippen LogP contribution in [0.25, 0.3) is 0 Å². The lowest BCUT2D eigenvalue weighted by Crippen LogP contribution is -2.28. The Hall–Kier alpha value is -2.08. The predicted molar refractivity (Wildman–Crippen MR) is 89.5 cm³/mol. The molecular formula is C18H25NO5. The van der Waals surface area contributed by atoms with Crippen LogP contribution in [0.15, 0.2) is 18.2 Å². The Morgan fingerprint density at radius 2 is 2.21 bits per heavy atom. The van der Waals surface area contributed by atoms with Gasteiger partial charge in [0, 0.05) is 19.6 Å². The number of amides is 1. The highest BCUT2D eigenvalue weighted by Crippen LogP contribution is 2.21. The lowest BCUT2D eigenvalue weighted by Gasteiger charge is -2.22. The van der Waals surface area contributed by atoms with Gasteiger partial charge in [0.25, 0.3) is 0 Å². The van der Waals surface area contributed by atoms with Crippen LogP contribution in [-0.4, -0.2) is 43.3 Å². The highest BCUT2D eigenvalue weighted by atomic mass is 16.5. The van der Waals surface area contributed by atoms with E-state index in [1.165, 1.54) is 19.6 Å². The third-order valence-electron chi connectivity index (χ3n) is 4.22. The fourth-order valence-corrected chi connectivity index (χ4v) is 2.84. The SMILES string of the molecule is COc1cc(C(=O)O)ccc1CCNC(=O)CCC1CCCCO1. The van der Waals surface area contributed by atoms with Gasteiger partial charge >= 0.3 is 5.97 Å². The number of hydrogen-bond donors (Lipinski definition) is 2.